The molecule has 5 rings (SSSR count). The number of hydrogen-bond donors (Lipinski definition) is 0. The van der Waals surface area contributed by atoms with E-state index in [1.807, 2.05) is 12.1 Å². The lowest BCUT2D eigenvalue weighted by Gasteiger charge is -2.40. The zero-order valence-electron chi connectivity index (χ0n) is 15.8. The van der Waals surface area contributed by atoms with Gasteiger partial charge >= 0.3 is 0 Å². The van der Waals surface area contributed by atoms with Crippen LogP contribution < -0.4 is 4.90 Å². The summed E-state index contributed by atoms with van der Waals surface area (Å²) in [5.41, 5.74) is 0.806. The Kier molecular flexibility index (Phi) is 4.27. The summed E-state index contributed by atoms with van der Waals surface area (Å²) in [6, 6.07) is 12.9. The highest BCUT2D eigenvalue weighted by molar-refractivity contribution is 5.86. The molecule has 142 valence electrons. The first-order chi connectivity index (χ1) is 13.3. The zero-order valence-corrected chi connectivity index (χ0v) is 15.8. The van der Waals surface area contributed by atoms with Gasteiger partial charge < -0.3 is 14.5 Å². The minimum atomic E-state index is -0.218. The Morgan fingerprint density at radius 3 is 2.78 bits per heavy atom. The van der Waals surface area contributed by atoms with Crippen molar-refractivity contribution < 1.29 is 9.53 Å². The second-order valence-electron chi connectivity index (χ2n) is 8.26. The Hall–Kier alpha value is -2.14. The summed E-state index contributed by atoms with van der Waals surface area (Å²) >= 11 is 0. The molecule has 5 heteroatoms. The first-order valence-corrected chi connectivity index (χ1v) is 10.2. The predicted octanol–water partition coefficient (Wildman–Crippen LogP) is 3.23. The zero-order chi connectivity index (χ0) is 18.3. The number of carbonyl (C=O) groups is 1. The van der Waals surface area contributed by atoms with Crippen LogP contribution in [-0.4, -0.2) is 54.7 Å². The first-order valence-electron chi connectivity index (χ1n) is 10.2. The predicted molar refractivity (Wildman–Crippen MR) is 106 cm³/mol. The van der Waals surface area contributed by atoms with Gasteiger partial charge in [0.15, 0.2) is 0 Å². The van der Waals surface area contributed by atoms with Crippen molar-refractivity contribution in [2.45, 2.75) is 38.1 Å². The standard InChI is InChI=1S/C22H27N3O2/c26-21-22(11-13-25(21)18-8-14-27-15-9-18)10-3-12-24(16-22)20-7-6-17-4-1-2-5-19(17)23-20/h1-2,4-7,18H,3,8-16H2/t22-/m1/s1. The van der Waals surface area contributed by atoms with E-state index in [-0.39, 0.29) is 5.41 Å². The normalized spacial score (nSPS) is 27.0. The quantitative estimate of drug-likeness (QED) is 0.820. The number of anilines is 1. The highest BCUT2D eigenvalue weighted by Gasteiger charge is 2.50. The van der Waals surface area contributed by atoms with Gasteiger partial charge in [0.2, 0.25) is 5.91 Å². The molecule has 0 N–H and O–H groups in total. The average molecular weight is 365 g/mol. The van der Waals surface area contributed by atoms with Crippen molar-refractivity contribution in [2.24, 2.45) is 5.41 Å². The van der Waals surface area contributed by atoms with Crippen LogP contribution in [0.2, 0.25) is 0 Å². The van der Waals surface area contributed by atoms with Gasteiger partial charge in [0, 0.05) is 44.3 Å². The number of likely N-dealkylation sites (tertiary alicyclic amines) is 1. The molecule has 4 heterocycles. The lowest BCUT2D eigenvalue weighted by Crippen LogP contribution is -2.50. The van der Waals surface area contributed by atoms with Crippen LogP contribution in [0.1, 0.15) is 32.1 Å². The van der Waals surface area contributed by atoms with Crippen LogP contribution in [-0.2, 0) is 9.53 Å². The van der Waals surface area contributed by atoms with E-state index in [0.29, 0.717) is 11.9 Å². The molecule has 1 amide bonds. The second-order valence-corrected chi connectivity index (χ2v) is 8.26. The summed E-state index contributed by atoms with van der Waals surface area (Å²) in [6.45, 7) is 4.26. The number of hydrogen-bond acceptors (Lipinski definition) is 4. The number of pyridine rings is 1. The van der Waals surface area contributed by atoms with Gasteiger partial charge in [0.25, 0.3) is 0 Å². The van der Waals surface area contributed by atoms with E-state index in [1.54, 1.807) is 0 Å². The van der Waals surface area contributed by atoms with Crippen molar-refractivity contribution >= 4 is 22.6 Å². The van der Waals surface area contributed by atoms with Crippen molar-refractivity contribution in [3.05, 3.63) is 36.4 Å². The highest BCUT2D eigenvalue weighted by Crippen LogP contribution is 2.42. The fourth-order valence-corrected chi connectivity index (χ4v) is 5.13. The van der Waals surface area contributed by atoms with E-state index in [9.17, 15) is 4.79 Å². The Morgan fingerprint density at radius 1 is 1.04 bits per heavy atom. The Labute approximate surface area is 160 Å². The molecule has 3 fully saturated rings. The smallest absolute Gasteiger partial charge is 0.230 e. The van der Waals surface area contributed by atoms with Crippen molar-refractivity contribution in [3.63, 3.8) is 0 Å². The van der Waals surface area contributed by atoms with Crippen LogP contribution in [0.3, 0.4) is 0 Å². The fraction of sp³-hybridized carbons (Fsp3) is 0.545. The molecule has 1 aromatic heterocycles. The van der Waals surface area contributed by atoms with Gasteiger partial charge in [-0.1, -0.05) is 18.2 Å². The van der Waals surface area contributed by atoms with Crippen LogP contribution in [0.5, 0.6) is 0 Å². The number of benzene rings is 1. The monoisotopic (exact) mass is 365 g/mol. The number of ether oxygens (including phenoxy) is 1. The number of amides is 1. The third-order valence-electron chi connectivity index (χ3n) is 6.66. The number of aromatic nitrogens is 1. The summed E-state index contributed by atoms with van der Waals surface area (Å²) in [6.07, 6.45) is 5.01. The molecule has 0 radical (unpaired) electrons. The number of rotatable bonds is 2. The van der Waals surface area contributed by atoms with E-state index in [0.717, 1.165) is 81.7 Å². The molecule has 0 aliphatic carbocycles. The lowest BCUT2D eigenvalue weighted by atomic mass is 9.78. The summed E-state index contributed by atoms with van der Waals surface area (Å²) < 4.78 is 5.49. The Balaban J connectivity index is 1.37. The molecule has 0 unspecified atom stereocenters. The molecule has 0 bridgehead atoms. The number of carbonyl (C=O) groups excluding carboxylic acids is 1. The van der Waals surface area contributed by atoms with Crippen molar-refractivity contribution in [1.29, 1.82) is 0 Å². The third-order valence-corrected chi connectivity index (χ3v) is 6.66. The summed E-state index contributed by atoms with van der Waals surface area (Å²) in [7, 11) is 0. The molecule has 3 aliphatic heterocycles. The summed E-state index contributed by atoms with van der Waals surface area (Å²) in [5, 5.41) is 1.16. The molecule has 3 saturated heterocycles. The van der Waals surface area contributed by atoms with Crippen molar-refractivity contribution in [2.75, 3.05) is 37.7 Å². The molecule has 2 aromatic rings. The van der Waals surface area contributed by atoms with E-state index in [1.165, 1.54) is 0 Å². The average Bonchev–Trinajstić information content (AvgIpc) is 3.04. The van der Waals surface area contributed by atoms with E-state index >= 15 is 0 Å². The van der Waals surface area contributed by atoms with Crippen LogP contribution in [0.4, 0.5) is 5.82 Å². The van der Waals surface area contributed by atoms with Gasteiger partial charge in [0.05, 0.1) is 10.9 Å². The van der Waals surface area contributed by atoms with Gasteiger partial charge in [-0.3, -0.25) is 4.79 Å². The molecule has 27 heavy (non-hydrogen) atoms. The maximum atomic E-state index is 13.4. The number of para-hydroxylation sites is 1. The third kappa shape index (κ3) is 2.98. The molecule has 1 atom stereocenters. The number of fused-ring (bicyclic) bond motifs is 1. The minimum Gasteiger partial charge on any atom is -0.381 e. The molecular weight excluding hydrogens is 338 g/mol. The van der Waals surface area contributed by atoms with Crippen LogP contribution in [0, 0.1) is 5.41 Å². The number of nitrogens with zero attached hydrogens (tertiary/aromatic N) is 3. The van der Waals surface area contributed by atoms with Gasteiger partial charge in [-0.25, -0.2) is 4.98 Å². The first kappa shape index (κ1) is 17.0. The molecule has 3 aliphatic rings. The maximum absolute atomic E-state index is 13.4. The van der Waals surface area contributed by atoms with Crippen LogP contribution in [0.15, 0.2) is 36.4 Å². The van der Waals surface area contributed by atoms with Gasteiger partial charge in [0.1, 0.15) is 5.82 Å². The molecule has 0 saturated carbocycles. The van der Waals surface area contributed by atoms with Crippen LogP contribution in [0.25, 0.3) is 10.9 Å². The van der Waals surface area contributed by atoms with E-state index in [4.69, 9.17) is 9.72 Å². The molecular formula is C22H27N3O2. The molecule has 1 aromatic carbocycles. The van der Waals surface area contributed by atoms with Gasteiger partial charge in [-0.2, -0.15) is 0 Å². The minimum absolute atomic E-state index is 0.218. The largest absolute Gasteiger partial charge is 0.381 e. The Bertz CT molecular complexity index is 848. The second kappa shape index (κ2) is 6.79. The highest BCUT2D eigenvalue weighted by atomic mass is 16.5. The van der Waals surface area contributed by atoms with E-state index < -0.39 is 0 Å². The number of piperidine rings is 1. The summed E-state index contributed by atoms with van der Waals surface area (Å²) in [5.74, 6) is 1.38. The van der Waals surface area contributed by atoms with Crippen LogP contribution >= 0.6 is 0 Å². The molecule has 1 spiro atoms. The maximum Gasteiger partial charge on any atom is 0.230 e. The van der Waals surface area contributed by atoms with Crippen molar-refractivity contribution in [3.8, 4) is 0 Å². The van der Waals surface area contributed by atoms with Crippen molar-refractivity contribution in [1.82, 2.24) is 9.88 Å². The topological polar surface area (TPSA) is 45.7 Å². The summed E-state index contributed by atoms with van der Waals surface area (Å²) in [4.78, 5) is 22.8. The molecule has 5 nitrogen and oxygen atoms in total. The Morgan fingerprint density at radius 2 is 1.89 bits per heavy atom. The van der Waals surface area contributed by atoms with E-state index in [2.05, 4.69) is 34.1 Å². The lowest BCUT2D eigenvalue weighted by molar-refractivity contribution is -0.139. The van der Waals surface area contributed by atoms with Gasteiger partial charge in [-0.05, 0) is 50.3 Å². The van der Waals surface area contributed by atoms with Gasteiger partial charge in [-0.15, -0.1) is 0 Å². The SMILES string of the molecule is O=C1N(C2CCOCC2)CC[C@@]12CCCN(c1ccc3ccccc3n1)C2. The fourth-order valence-electron chi connectivity index (χ4n) is 5.13.